The Morgan fingerprint density at radius 2 is 2.10 bits per heavy atom. The lowest BCUT2D eigenvalue weighted by atomic mass is 9.96. The number of methoxy groups -OCH3 is 2. The van der Waals surface area contributed by atoms with Crippen LogP contribution in [0.5, 0.6) is 11.5 Å². The van der Waals surface area contributed by atoms with Gasteiger partial charge in [-0.05, 0) is 43.9 Å². The molecule has 1 atom stereocenters. The smallest absolute Gasteiger partial charge is 0.163 e. The van der Waals surface area contributed by atoms with E-state index >= 15 is 0 Å². The fourth-order valence-corrected chi connectivity index (χ4v) is 2.80. The summed E-state index contributed by atoms with van der Waals surface area (Å²) in [5, 5.41) is 12.3. The van der Waals surface area contributed by atoms with Crippen molar-refractivity contribution in [3.63, 3.8) is 0 Å². The Kier molecular flexibility index (Phi) is 5.20. The minimum atomic E-state index is 0.0696. The van der Waals surface area contributed by atoms with E-state index in [1.807, 2.05) is 0 Å². The second-order valence-corrected chi connectivity index (χ2v) is 5.21. The summed E-state index contributed by atoms with van der Waals surface area (Å²) in [5.74, 6) is 1.47. The number of hydrogen-bond donors (Lipinski definition) is 1. The first-order valence-electron chi connectivity index (χ1n) is 7.15. The third-order valence-corrected chi connectivity index (χ3v) is 4.01. The van der Waals surface area contributed by atoms with E-state index in [9.17, 15) is 4.79 Å². The van der Waals surface area contributed by atoms with Gasteiger partial charge in [0.1, 0.15) is 0 Å². The summed E-state index contributed by atoms with van der Waals surface area (Å²) >= 11 is 0. The maximum absolute atomic E-state index is 12.3. The van der Waals surface area contributed by atoms with Gasteiger partial charge in [-0.3, -0.25) is 4.79 Å². The summed E-state index contributed by atoms with van der Waals surface area (Å²) < 4.78 is 10.4. The van der Waals surface area contributed by atoms with Crippen LogP contribution in [0.1, 0.15) is 42.5 Å². The average Bonchev–Trinajstić information content (AvgIpc) is 2.99. The maximum atomic E-state index is 12.3. The molecule has 1 aliphatic rings. The highest BCUT2D eigenvalue weighted by Gasteiger charge is 2.24. The Bertz CT molecular complexity index is 539. The quantitative estimate of drug-likeness (QED) is 0.496. The van der Waals surface area contributed by atoms with Gasteiger partial charge in [-0.25, -0.2) is 0 Å². The zero-order valence-corrected chi connectivity index (χ0v) is 12.5. The largest absolute Gasteiger partial charge is 0.493 e. The number of hydrogen-bond acceptors (Lipinski definition) is 5. The number of rotatable bonds is 6. The molecular weight excluding hydrogens is 270 g/mol. The van der Waals surface area contributed by atoms with E-state index in [1.165, 1.54) is 0 Å². The molecule has 0 bridgehead atoms. The van der Waals surface area contributed by atoms with Gasteiger partial charge in [0.05, 0.1) is 19.9 Å². The highest BCUT2D eigenvalue weighted by molar-refractivity contribution is 5.97. The molecule has 0 heterocycles. The van der Waals surface area contributed by atoms with Crippen LogP contribution in [-0.4, -0.2) is 30.9 Å². The van der Waals surface area contributed by atoms with Gasteiger partial charge in [-0.2, -0.15) is 0 Å². The van der Waals surface area contributed by atoms with E-state index in [0.717, 1.165) is 31.4 Å². The van der Waals surface area contributed by atoms with Gasteiger partial charge in [-0.1, -0.05) is 5.16 Å². The van der Waals surface area contributed by atoms with Crippen LogP contribution < -0.4 is 9.47 Å². The number of carbonyl (C=O) groups is 1. The molecule has 1 unspecified atom stereocenters. The van der Waals surface area contributed by atoms with Crippen LogP contribution in [0.4, 0.5) is 0 Å². The Hall–Kier alpha value is -2.04. The third-order valence-electron chi connectivity index (χ3n) is 4.01. The number of Topliss-reactive ketones (excluding diaryl/α,β-unsaturated/α-hetero) is 1. The number of carbonyl (C=O) groups excluding carboxylic acids is 1. The fourth-order valence-electron chi connectivity index (χ4n) is 2.80. The van der Waals surface area contributed by atoms with Crippen molar-refractivity contribution in [2.75, 3.05) is 14.2 Å². The summed E-state index contributed by atoms with van der Waals surface area (Å²) in [6.07, 6.45) is 4.05. The van der Waals surface area contributed by atoms with Gasteiger partial charge in [0.25, 0.3) is 0 Å². The first-order chi connectivity index (χ1) is 10.2. The van der Waals surface area contributed by atoms with E-state index in [2.05, 4.69) is 5.16 Å². The van der Waals surface area contributed by atoms with Gasteiger partial charge in [0.2, 0.25) is 0 Å². The Labute approximate surface area is 124 Å². The molecule has 1 N–H and O–H groups in total. The zero-order valence-electron chi connectivity index (χ0n) is 12.5. The third kappa shape index (κ3) is 3.54. The van der Waals surface area contributed by atoms with Gasteiger partial charge in [-0.15, -0.1) is 0 Å². The number of ketones is 1. The molecule has 0 radical (unpaired) electrons. The summed E-state index contributed by atoms with van der Waals surface area (Å²) in [6.45, 7) is 0. The normalized spacial score (nSPS) is 19.7. The van der Waals surface area contributed by atoms with Crippen molar-refractivity contribution < 1.29 is 19.5 Å². The molecule has 5 heteroatoms. The van der Waals surface area contributed by atoms with Crippen molar-refractivity contribution in [3.05, 3.63) is 23.8 Å². The molecule has 5 nitrogen and oxygen atoms in total. The van der Waals surface area contributed by atoms with Crippen molar-refractivity contribution in [2.24, 2.45) is 11.1 Å². The monoisotopic (exact) mass is 291 g/mol. The predicted molar refractivity (Wildman–Crippen MR) is 79.7 cm³/mol. The average molecular weight is 291 g/mol. The van der Waals surface area contributed by atoms with Crippen LogP contribution in [-0.2, 0) is 0 Å². The molecule has 1 aromatic carbocycles. The van der Waals surface area contributed by atoms with Crippen LogP contribution >= 0.6 is 0 Å². The summed E-state index contributed by atoms with van der Waals surface area (Å²) in [7, 11) is 3.11. The number of benzene rings is 1. The molecule has 0 saturated heterocycles. The fraction of sp³-hybridized carbons (Fsp3) is 0.500. The number of oxime groups is 1. The standard InChI is InChI=1S/C16H21NO4/c1-20-15-9-7-12(10-16(15)21-2)14(18)8-6-11-4-3-5-13(11)17-19/h7,9-11,19H,3-6,8H2,1-2H3/b17-13+. The molecule has 1 fully saturated rings. The van der Waals surface area contributed by atoms with E-state index in [-0.39, 0.29) is 11.7 Å². The Morgan fingerprint density at radius 1 is 1.33 bits per heavy atom. The van der Waals surface area contributed by atoms with Gasteiger partial charge in [0.15, 0.2) is 17.3 Å². The van der Waals surface area contributed by atoms with E-state index in [0.29, 0.717) is 23.5 Å². The zero-order chi connectivity index (χ0) is 15.2. The first kappa shape index (κ1) is 15.4. The second kappa shape index (κ2) is 7.11. The molecule has 1 aromatic rings. The molecule has 1 saturated carbocycles. The number of ether oxygens (including phenoxy) is 2. The maximum Gasteiger partial charge on any atom is 0.163 e. The molecule has 21 heavy (non-hydrogen) atoms. The molecule has 0 aromatic heterocycles. The number of nitrogens with zero attached hydrogens (tertiary/aromatic N) is 1. The van der Waals surface area contributed by atoms with Crippen molar-refractivity contribution in [1.82, 2.24) is 0 Å². The van der Waals surface area contributed by atoms with Crippen LogP contribution in [0.2, 0.25) is 0 Å². The summed E-state index contributed by atoms with van der Waals surface area (Å²) in [6, 6.07) is 5.19. The minimum absolute atomic E-state index is 0.0696. The van der Waals surface area contributed by atoms with Crippen molar-refractivity contribution in [1.29, 1.82) is 0 Å². The molecule has 0 spiro atoms. The minimum Gasteiger partial charge on any atom is -0.493 e. The first-order valence-corrected chi connectivity index (χ1v) is 7.15. The van der Waals surface area contributed by atoms with E-state index in [4.69, 9.17) is 14.7 Å². The van der Waals surface area contributed by atoms with Gasteiger partial charge < -0.3 is 14.7 Å². The van der Waals surface area contributed by atoms with Crippen LogP contribution in [0.25, 0.3) is 0 Å². The lowest BCUT2D eigenvalue weighted by Gasteiger charge is -2.11. The molecule has 0 aliphatic heterocycles. The van der Waals surface area contributed by atoms with Crippen LogP contribution in [0.3, 0.4) is 0 Å². The summed E-state index contributed by atoms with van der Waals surface area (Å²) in [4.78, 5) is 12.3. The van der Waals surface area contributed by atoms with Gasteiger partial charge >= 0.3 is 0 Å². The highest BCUT2D eigenvalue weighted by atomic mass is 16.5. The lowest BCUT2D eigenvalue weighted by Crippen LogP contribution is -2.10. The molecular formula is C16H21NO4. The molecule has 0 amide bonds. The van der Waals surface area contributed by atoms with E-state index in [1.54, 1.807) is 32.4 Å². The van der Waals surface area contributed by atoms with E-state index < -0.39 is 0 Å². The Balaban J connectivity index is 2.00. The van der Waals surface area contributed by atoms with Gasteiger partial charge in [0, 0.05) is 17.9 Å². The molecule has 2 rings (SSSR count). The molecule has 1 aliphatic carbocycles. The second-order valence-electron chi connectivity index (χ2n) is 5.21. The predicted octanol–water partition coefficient (Wildman–Crippen LogP) is 3.30. The van der Waals surface area contributed by atoms with Crippen LogP contribution in [0.15, 0.2) is 23.4 Å². The van der Waals surface area contributed by atoms with Crippen LogP contribution in [0, 0.1) is 5.92 Å². The molecule has 114 valence electrons. The van der Waals surface area contributed by atoms with Crippen molar-refractivity contribution in [3.8, 4) is 11.5 Å². The Morgan fingerprint density at radius 3 is 2.76 bits per heavy atom. The van der Waals surface area contributed by atoms with Crippen molar-refractivity contribution >= 4 is 11.5 Å². The highest BCUT2D eigenvalue weighted by Crippen LogP contribution is 2.30. The SMILES string of the molecule is COc1ccc(C(=O)CCC2CCC/C2=N\O)cc1OC. The lowest BCUT2D eigenvalue weighted by molar-refractivity contribution is 0.0976. The topological polar surface area (TPSA) is 68.1 Å². The summed E-state index contributed by atoms with van der Waals surface area (Å²) in [5.41, 5.74) is 1.45. The van der Waals surface area contributed by atoms with Crippen molar-refractivity contribution in [2.45, 2.75) is 32.1 Å².